The summed E-state index contributed by atoms with van der Waals surface area (Å²) in [6.07, 6.45) is 5.75. The number of ether oxygens (including phenoxy) is 2. The van der Waals surface area contributed by atoms with Crippen LogP contribution in [0.3, 0.4) is 0 Å². The highest BCUT2D eigenvalue weighted by atomic mass is 16.7. The molecule has 1 saturated heterocycles. The van der Waals surface area contributed by atoms with Crippen molar-refractivity contribution in [1.82, 2.24) is 0 Å². The first-order valence-corrected chi connectivity index (χ1v) is 8.51. The summed E-state index contributed by atoms with van der Waals surface area (Å²) in [6.45, 7) is 3.65. The molecule has 0 aromatic rings. The molecule has 4 N–H and O–H groups in total. The predicted octanol–water partition coefficient (Wildman–Crippen LogP) is 1.49. The molecule has 1 rings (SSSR count). The van der Waals surface area contributed by atoms with Crippen LogP contribution in [-0.4, -0.2) is 57.1 Å². The fourth-order valence-corrected chi connectivity index (χ4v) is 2.33. The van der Waals surface area contributed by atoms with Crippen LogP contribution in [0.2, 0.25) is 0 Å². The minimum atomic E-state index is -1.50. The molecule has 0 unspecified atom stereocenters. The second kappa shape index (κ2) is 11.0. The van der Waals surface area contributed by atoms with Gasteiger partial charge in [-0.05, 0) is 25.8 Å². The van der Waals surface area contributed by atoms with E-state index in [9.17, 15) is 20.1 Å². The van der Waals surface area contributed by atoms with Gasteiger partial charge in [-0.1, -0.05) is 38.0 Å². The second-order valence-electron chi connectivity index (χ2n) is 5.97. The van der Waals surface area contributed by atoms with Gasteiger partial charge < -0.3 is 29.9 Å². The number of carbonyl (C=O) groups is 1. The van der Waals surface area contributed by atoms with Crippen molar-refractivity contribution in [3.05, 3.63) is 36.1 Å². The summed E-state index contributed by atoms with van der Waals surface area (Å²) in [6, 6.07) is 0. The van der Waals surface area contributed by atoms with Crippen molar-refractivity contribution in [1.29, 1.82) is 0 Å². The predicted molar refractivity (Wildman–Crippen MR) is 91.6 cm³/mol. The third-order valence-corrected chi connectivity index (χ3v) is 3.81. The summed E-state index contributed by atoms with van der Waals surface area (Å²) in [7, 11) is 0. The van der Waals surface area contributed by atoms with Crippen LogP contribution in [0, 0.1) is 0 Å². The van der Waals surface area contributed by atoms with Crippen molar-refractivity contribution < 1.29 is 34.7 Å². The lowest BCUT2D eigenvalue weighted by Crippen LogP contribution is -2.57. The lowest BCUT2D eigenvalue weighted by atomic mass is 10.00. The fraction of sp³-hybridized carbons (Fsp3) is 0.611. The van der Waals surface area contributed by atoms with E-state index in [1.165, 1.54) is 13.0 Å². The van der Waals surface area contributed by atoms with Gasteiger partial charge in [0.15, 0.2) is 0 Å². The van der Waals surface area contributed by atoms with Gasteiger partial charge in [0, 0.05) is 0 Å². The molecule has 1 aliphatic heterocycles. The Bertz CT molecular complexity index is 498. The van der Waals surface area contributed by atoms with Crippen molar-refractivity contribution in [3.63, 3.8) is 0 Å². The second-order valence-corrected chi connectivity index (χ2v) is 5.97. The van der Waals surface area contributed by atoms with E-state index in [0.29, 0.717) is 0 Å². The van der Waals surface area contributed by atoms with Crippen LogP contribution in [0.5, 0.6) is 0 Å². The fourth-order valence-electron chi connectivity index (χ4n) is 2.33. The van der Waals surface area contributed by atoms with E-state index in [1.54, 1.807) is 12.2 Å². The number of allylic oxidation sites excluding steroid dienone is 4. The number of rotatable bonds is 9. The van der Waals surface area contributed by atoms with Crippen LogP contribution < -0.4 is 0 Å². The van der Waals surface area contributed by atoms with Gasteiger partial charge in [-0.3, -0.25) is 0 Å². The van der Waals surface area contributed by atoms with Gasteiger partial charge in [0.2, 0.25) is 6.29 Å². The van der Waals surface area contributed by atoms with E-state index in [1.807, 2.05) is 6.08 Å². The molecule has 1 fully saturated rings. The zero-order chi connectivity index (χ0) is 18.8. The molecule has 0 bridgehead atoms. The van der Waals surface area contributed by atoms with E-state index < -0.39 is 36.7 Å². The minimum absolute atomic E-state index is 0.0365. The first-order valence-electron chi connectivity index (χ1n) is 8.51. The van der Waals surface area contributed by atoms with Crippen molar-refractivity contribution in [2.75, 3.05) is 0 Å². The molecular formula is C18H28O7. The van der Waals surface area contributed by atoms with E-state index in [-0.39, 0.29) is 5.76 Å². The quantitative estimate of drug-likeness (QED) is 0.214. The molecule has 7 nitrogen and oxygen atoms in total. The Morgan fingerprint density at radius 3 is 2.48 bits per heavy atom. The van der Waals surface area contributed by atoms with Gasteiger partial charge in [0.05, 0.1) is 12.2 Å². The maximum absolute atomic E-state index is 10.9. The molecule has 0 radical (unpaired) electrons. The summed E-state index contributed by atoms with van der Waals surface area (Å²) in [5.74, 6) is -1.25. The number of aliphatic carboxylic acids is 1. The highest BCUT2D eigenvalue weighted by molar-refractivity contribution is 5.80. The largest absolute Gasteiger partial charge is 0.478 e. The Morgan fingerprint density at radius 1 is 1.12 bits per heavy atom. The Hall–Kier alpha value is -1.67. The van der Waals surface area contributed by atoms with Gasteiger partial charge in [-0.2, -0.15) is 0 Å². The molecule has 25 heavy (non-hydrogen) atoms. The molecule has 7 heteroatoms. The molecule has 142 valence electrons. The summed E-state index contributed by atoms with van der Waals surface area (Å²) in [5, 5.41) is 38.3. The lowest BCUT2D eigenvalue weighted by molar-refractivity contribution is -0.281. The van der Waals surface area contributed by atoms with Crippen molar-refractivity contribution in [2.45, 2.75) is 70.2 Å². The summed E-state index contributed by atoms with van der Waals surface area (Å²) in [5.41, 5.74) is 0. The van der Waals surface area contributed by atoms with Gasteiger partial charge in [-0.25, -0.2) is 4.79 Å². The van der Waals surface area contributed by atoms with Gasteiger partial charge in [-0.15, -0.1) is 0 Å². The molecule has 0 spiro atoms. The zero-order valence-electron chi connectivity index (χ0n) is 14.6. The Morgan fingerprint density at radius 2 is 1.84 bits per heavy atom. The van der Waals surface area contributed by atoms with Crippen molar-refractivity contribution >= 4 is 5.97 Å². The van der Waals surface area contributed by atoms with Crippen LogP contribution in [0.1, 0.15) is 39.5 Å². The average Bonchev–Trinajstić information content (AvgIpc) is 2.56. The van der Waals surface area contributed by atoms with Crippen LogP contribution in [-0.2, 0) is 14.3 Å². The normalized spacial score (nSPS) is 30.9. The zero-order valence-corrected chi connectivity index (χ0v) is 14.6. The molecule has 5 atom stereocenters. The van der Waals surface area contributed by atoms with Crippen LogP contribution >= 0.6 is 0 Å². The molecular weight excluding hydrogens is 328 g/mol. The SMILES string of the molecule is CCCCCC=CC=CC(=CC(=O)O)O[C@H]1O[C@@H](C)[C@H](O)[C@@H](O)[C@H]1O. The van der Waals surface area contributed by atoms with Gasteiger partial charge in [0.25, 0.3) is 0 Å². The number of hydrogen-bond acceptors (Lipinski definition) is 6. The highest BCUT2D eigenvalue weighted by Crippen LogP contribution is 2.23. The first-order chi connectivity index (χ1) is 11.9. The van der Waals surface area contributed by atoms with E-state index in [0.717, 1.165) is 31.8 Å². The third-order valence-electron chi connectivity index (χ3n) is 3.81. The lowest BCUT2D eigenvalue weighted by Gasteiger charge is -2.39. The molecule has 0 saturated carbocycles. The summed E-state index contributed by atoms with van der Waals surface area (Å²) < 4.78 is 10.7. The number of aliphatic hydroxyl groups excluding tert-OH is 3. The monoisotopic (exact) mass is 356 g/mol. The van der Waals surface area contributed by atoms with Crippen molar-refractivity contribution in [2.24, 2.45) is 0 Å². The number of unbranched alkanes of at least 4 members (excludes halogenated alkanes) is 3. The van der Waals surface area contributed by atoms with Crippen LogP contribution in [0.4, 0.5) is 0 Å². The Labute approximate surface area is 147 Å². The van der Waals surface area contributed by atoms with Crippen LogP contribution in [0.25, 0.3) is 0 Å². The maximum atomic E-state index is 10.9. The molecule has 0 aliphatic carbocycles. The van der Waals surface area contributed by atoms with E-state index >= 15 is 0 Å². The first kappa shape index (κ1) is 21.4. The van der Waals surface area contributed by atoms with E-state index in [2.05, 4.69) is 6.92 Å². The summed E-state index contributed by atoms with van der Waals surface area (Å²) in [4.78, 5) is 10.9. The topological polar surface area (TPSA) is 116 Å². The van der Waals surface area contributed by atoms with E-state index in [4.69, 9.17) is 14.6 Å². The number of carboxylic acid groups (broad SMARTS) is 1. The molecule has 1 aliphatic rings. The molecule has 0 amide bonds. The maximum Gasteiger partial charge on any atom is 0.332 e. The third kappa shape index (κ3) is 7.39. The number of aliphatic hydroxyl groups is 3. The average molecular weight is 356 g/mol. The Kier molecular flexibility index (Phi) is 9.44. The summed E-state index contributed by atoms with van der Waals surface area (Å²) >= 11 is 0. The van der Waals surface area contributed by atoms with Gasteiger partial charge in [0.1, 0.15) is 24.1 Å². The van der Waals surface area contributed by atoms with Gasteiger partial charge >= 0.3 is 5.97 Å². The highest BCUT2D eigenvalue weighted by Gasteiger charge is 2.43. The molecule has 0 aromatic heterocycles. The smallest absolute Gasteiger partial charge is 0.332 e. The van der Waals surface area contributed by atoms with Crippen molar-refractivity contribution in [3.8, 4) is 0 Å². The molecule has 0 aromatic carbocycles. The Balaban J connectivity index is 2.69. The standard InChI is InChI=1S/C18H28O7/c1-3-4-5-6-7-8-9-10-13(11-14(19)20)25-18-17(23)16(22)15(21)12(2)24-18/h7-12,15-18,21-23H,3-6H2,1-2H3,(H,19,20)/t12-,15-,16+,17+,18+/m0/s1. The molecule has 1 heterocycles. The number of hydrogen-bond donors (Lipinski definition) is 4. The number of carboxylic acids is 1. The van der Waals surface area contributed by atoms with Crippen LogP contribution in [0.15, 0.2) is 36.1 Å². The minimum Gasteiger partial charge on any atom is -0.478 e.